The number of nitrogens with one attached hydrogen (secondary N) is 2. The highest BCUT2D eigenvalue weighted by Gasteiger charge is 2.08. The quantitative estimate of drug-likeness (QED) is 0.419. The van der Waals surface area contributed by atoms with Crippen molar-refractivity contribution in [1.82, 2.24) is 20.4 Å². The molecule has 0 saturated heterocycles. The van der Waals surface area contributed by atoms with E-state index >= 15 is 0 Å². The Morgan fingerprint density at radius 2 is 1.91 bits per heavy atom. The molecule has 0 aliphatic heterocycles. The Balaban J connectivity index is 2.41. The molecule has 0 unspecified atom stereocenters. The number of unbranched alkanes of at least 4 members (excludes halogenated alkanes) is 3. The summed E-state index contributed by atoms with van der Waals surface area (Å²) in [6.07, 6.45) is 6.00. The molecule has 2 N–H and O–H groups in total. The number of hydrogen-bond donors (Lipinski definition) is 2. The minimum Gasteiger partial charge on any atom is -0.357 e. The van der Waals surface area contributed by atoms with Crippen molar-refractivity contribution < 1.29 is 0 Å². The summed E-state index contributed by atoms with van der Waals surface area (Å²) in [4.78, 5) is 4.64. The number of hydrogen-bond acceptors (Lipinski definition) is 2. The molecule has 0 aliphatic carbocycles. The van der Waals surface area contributed by atoms with Gasteiger partial charge in [-0.25, -0.2) is 0 Å². The number of nitrogens with zero attached hydrogens (tertiary/aromatic N) is 3. The SMILES string of the molecule is CCCCCCN=C(NCC)NCCc1c(C)nn(C)c1C. The second-order valence-corrected chi connectivity index (χ2v) is 5.77. The molecule has 1 aromatic rings. The number of aromatic nitrogens is 2. The first-order valence-corrected chi connectivity index (χ1v) is 8.61. The average Bonchev–Trinajstić information content (AvgIpc) is 2.73. The summed E-state index contributed by atoms with van der Waals surface area (Å²) in [5, 5.41) is 11.2. The van der Waals surface area contributed by atoms with E-state index < -0.39 is 0 Å². The zero-order valence-corrected chi connectivity index (χ0v) is 15.0. The van der Waals surface area contributed by atoms with Crippen LogP contribution in [0.2, 0.25) is 0 Å². The second-order valence-electron chi connectivity index (χ2n) is 5.77. The van der Waals surface area contributed by atoms with Gasteiger partial charge in [0.2, 0.25) is 0 Å². The van der Waals surface area contributed by atoms with Gasteiger partial charge in [0.05, 0.1) is 5.69 Å². The summed E-state index contributed by atoms with van der Waals surface area (Å²) in [7, 11) is 2.00. The van der Waals surface area contributed by atoms with Gasteiger partial charge in [-0.15, -0.1) is 0 Å². The third-order valence-electron chi connectivity index (χ3n) is 3.95. The second kappa shape index (κ2) is 10.2. The Bertz CT molecular complexity index is 462. The molecular formula is C17H33N5. The van der Waals surface area contributed by atoms with Gasteiger partial charge in [0.15, 0.2) is 5.96 Å². The molecule has 5 heteroatoms. The lowest BCUT2D eigenvalue weighted by atomic mass is 10.1. The first-order valence-electron chi connectivity index (χ1n) is 8.61. The smallest absolute Gasteiger partial charge is 0.191 e. The number of guanidine groups is 1. The van der Waals surface area contributed by atoms with Gasteiger partial charge in [0.25, 0.3) is 0 Å². The van der Waals surface area contributed by atoms with Crippen LogP contribution in [0.3, 0.4) is 0 Å². The highest BCUT2D eigenvalue weighted by Crippen LogP contribution is 2.11. The minimum atomic E-state index is 0.883. The van der Waals surface area contributed by atoms with Crippen LogP contribution in [0.4, 0.5) is 0 Å². The molecule has 1 rings (SSSR count). The maximum absolute atomic E-state index is 4.64. The van der Waals surface area contributed by atoms with Crippen LogP contribution >= 0.6 is 0 Å². The first kappa shape index (κ1) is 18.5. The standard InChI is InChI=1S/C17H33N5/c1-6-8-9-10-12-19-17(18-7-2)20-13-11-16-14(3)21-22(5)15(16)4/h6-13H2,1-5H3,(H2,18,19,20). The monoisotopic (exact) mass is 307 g/mol. The molecule has 1 aromatic heterocycles. The van der Waals surface area contributed by atoms with Gasteiger partial charge in [0.1, 0.15) is 0 Å². The van der Waals surface area contributed by atoms with E-state index in [1.165, 1.54) is 36.9 Å². The van der Waals surface area contributed by atoms with Gasteiger partial charge in [-0.2, -0.15) is 5.10 Å². The van der Waals surface area contributed by atoms with Gasteiger partial charge in [-0.1, -0.05) is 26.2 Å². The summed E-state index contributed by atoms with van der Waals surface area (Å²) in [5.41, 5.74) is 3.72. The molecule has 22 heavy (non-hydrogen) atoms. The molecule has 1 heterocycles. The molecule has 0 aliphatic rings. The summed E-state index contributed by atoms with van der Waals surface area (Å²) >= 11 is 0. The molecule has 0 amide bonds. The van der Waals surface area contributed by atoms with Gasteiger partial charge >= 0.3 is 0 Å². The number of rotatable bonds is 9. The van der Waals surface area contributed by atoms with Crippen LogP contribution in [-0.2, 0) is 13.5 Å². The van der Waals surface area contributed by atoms with Crippen molar-refractivity contribution in [2.24, 2.45) is 12.0 Å². The van der Waals surface area contributed by atoms with E-state index in [9.17, 15) is 0 Å². The number of aliphatic imine (C=N–C) groups is 1. The minimum absolute atomic E-state index is 0.883. The van der Waals surface area contributed by atoms with E-state index in [0.717, 1.165) is 37.7 Å². The van der Waals surface area contributed by atoms with Gasteiger partial charge in [-0.05, 0) is 39.2 Å². The van der Waals surface area contributed by atoms with E-state index in [2.05, 4.69) is 48.4 Å². The Hall–Kier alpha value is -1.52. The Kier molecular flexibility index (Phi) is 8.63. The third-order valence-corrected chi connectivity index (χ3v) is 3.95. The fourth-order valence-electron chi connectivity index (χ4n) is 2.56. The van der Waals surface area contributed by atoms with Crippen LogP contribution in [-0.4, -0.2) is 35.4 Å². The van der Waals surface area contributed by atoms with Gasteiger partial charge in [-0.3, -0.25) is 9.67 Å². The molecule has 0 saturated carbocycles. The van der Waals surface area contributed by atoms with Crippen LogP contribution in [0, 0.1) is 13.8 Å². The van der Waals surface area contributed by atoms with E-state index in [0.29, 0.717) is 0 Å². The topological polar surface area (TPSA) is 54.2 Å². The molecule has 0 aromatic carbocycles. The zero-order chi connectivity index (χ0) is 16.4. The van der Waals surface area contributed by atoms with Crippen LogP contribution in [0.25, 0.3) is 0 Å². The lowest BCUT2D eigenvalue weighted by molar-refractivity contribution is 0.670. The van der Waals surface area contributed by atoms with E-state index in [1.807, 2.05) is 11.7 Å². The summed E-state index contributed by atoms with van der Waals surface area (Å²) in [6.45, 7) is 11.2. The molecular weight excluding hydrogens is 274 g/mol. The summed E-state index contributed by atoms with van der Waals surface area (Å²) < 4.78 is 1.96. The van der Waals surface area contributed by atoms with Gasteiger partial charge in [0, 0.05) is 32.4 Å². The Labute approximate surface area is 135 Å². The zero-order valence-electron chi connectivity index (χ0n) is 15.0. The van der Waals surface area contributed by atoms with E-state index in [1.54, 1.807) is 0 Å². The van der Waals surface area contributed by atoms with Crippen molar-refractivity contribution in [3.05, 3.63) is 17.0 Å². The summed E-state index contributed by atoms with van der Waals surface area (Å²) in [5.74, 6) is 0.929. The van der Waals surface area contributed by atoms with Crippen molar-refractivity contribution >= 4 is 5.96 Å². The fraction of sp³-hybridized carbons (Fsp3) is 0.765. The molecule has 0 fully saturated rings. The Morgan fingerprint density at radius 3 is 2.50 bits per heavy atom. The van der Waals surface area contributed by atoms with Crippen molar-refractivity contribution in [2.75, 3.05) is 19.6 Å². The predicted octanol–water partition coefficient (Wildman–Crippen LogP) is 2.71. The molecule has 0 bridgehead atoms. The van der Waals surface area contributed by atoms with Crippen molar-refractivity contribution in [1.29, 1.82) is 0 Å². The first-order chi connectivity index (χ1) is 10.6. The van der Waals surface area contributed by atoms with Crippen LogP contribution in [0.5, 0.6) is 0 Å². The van der Waals surface area contributed by atoms with E-state index in [4.69, 9.17) is 0 Å². The maximum atomic E-state index is 4.64. The van der Waals surface area contributed by atoms with Crippen molar-refractivity contribution in [3.8, 4) is 0 Å². The highest BCUT2D eigenvalue weighted by atomic mass is 15.3. The molecule has 0 radical (unpaired) electrons. The Morgan fingerprint density at radius 1 is 1.14 bits per heavy atom. The lowest BCUT2D eigenvalue weighted by Crippen LogP contribution is -2.38. The van der Waals surface area contributed by atoms with Crippen molar-refractivity contribution in [3.63, 3.8) is 0 Å². The van der Waals surface area contributed by atoms with Crippen LogP contribution in [0.15, 0.2) is 4.99 Å². The normalized spacial score (nSPS) is 11.8. The molecule has 5 nitrogen and oxygen atoms in total. The third kappa shape index (κ3) is 6.08. The lowest BCUT2D eigenvalue weighted by Gasteiger charge is -2.11. The highest BCUT2D eigenvalue weighted by molar-refractivity contribution is 5.79. The molecule has 126 valence electrons. The van der Waals surface area contributed by atoms with Gasteiger partial charge < -0.3 is 10.6 Å². The van der Waals surface area contributed by atoms with Crippen LogP contribution in [0.1, 0.15) is 56.5 Å². The molecule has 0 spiro atoms. The predicted molar refractivity (Wildman–Crippen MR) is 94.5 cm³/mol. The fourth-order valence-corrected chi connectivity index (χ4v) is 2.56. The number of aryl methyl sites for hydroxylation is 2. The maximum Gasteiger partial charge on any atom is 0.191 e. The van der Waals surface area contributed by atoms with Crippen LogP contribution < -0.4 is 10.6 Å². The average molecular weight is 307 g/mol. The van der Waals surface area contributed by atoms with E-state index in [-0.39, 0.29) is 0 Å². The molecule has 0 atom stereocenters. The van der Waals surface area contributed by atoms with Crippen molar-refractivity contribution in [2.45, 2.75) is 59.8 Å². The largest absolute Gasteiger partial charge is 0.357 e. The summed E-state index contributed by atoms with van der Waals surface area (Å²) in [6, 6.07) is 0.